The molecule has 0 radical (unpaired) electrons. The molecule has 0 aliphatic heterocycles. The molecule has 4 aromatic carbocycles. The van der Waals surface area contributed by atoms with Crippen molar-refractivity contribution in [2.45, 2.75) is 51.4 Å². The van der Waals surface area contributed by atoms with Crippen molar-refractivity contribution in [1.29, 1.82) is 0 Å². The van der Waals surface area contributed by atoms with Crippen molar-refractivity contribution >= 4 is 17.8 Å². The van der Waals surface area contributed by atoms with Crippen LogP contribution in [0.4, 0.5) is 4.79 Å². The molecule has 0 aliphatic carbocycles. The molecule has 5 aromatic rings. The Morgan fingerprint density at radius 1 is 0.804 bits per heavy atom. The lowest BCUT2D eigenvalue weighted by Crippen LogP contribution is -2.54. The maximum absolute atomic E-state index is 14.4. The van der Waals surface area contributed by atoms with Gasteiger partial charge < -0.3 is 30.2 Å². The molecule has 4 amide bonds. The molecule has 0 fully saturated rings. The first-order valence-electron chi connectivity index (χ1n) is 17.1. The number of urea groups is 1. The summed E-state index contributed by atoms with van der Waals surface area (Å²) in [6, 6.07) is 35.6. The van der Waals surface area contributed by atoms with Gasteiger partial charge in [-0.1, -0.05) is 117 Å². The SMILES string of the molecule is CN(Cc1ccccc1)C(=O)N[C@@H](Cc1c[nH]cn1)C(=O)N(CC(=O)NCC(C)(C)c1ccccc1)Cc1ccc(OCc2ccccc2)cc1. The summed E-state index contributed by atoms with van der Waals surface area (Å²) >= 11 is 0. The summed E-state index contributed by atoms with van der Waals surface area (Å²) in [6.45, 7) is 5.23. The monoisotopic (exact) mass is 686 g/mol. The number of nitrogens with zero attached hydrogens (tertiary/aromatic N) is 3. The molecule has 1 heterocycles. The summed E-state index contributed by atoms with van der Waals surface area (Å²) in [4.78, 5) is 51.7. The average Bonchev–Trinajstić information content (AvgIpc) is 3.67. The number of carbonyl (C=O) groups excluding carboxylic acids is 3. The van der Waals surface area contributed by atoms with E-state index in [1.165, 1.54) is 16.1 Å². The van der Waals surface area contributed by atoms with Gasteiger partial charge in [0.05, 0.1) is 18.6 Å². The lowest BCUT2D eigenvalue weighted by molar-refractivity contribution is -0.138. The molecule has 10 heteroatoms. The van der Waals surface area contributed by atoms with Crippen LogP contribution >= 0.6 is 0 Å². The molecule has 5 rings (SSSR count). The maximum Gasteiger partial charge on any atom is 0.318 e. The summed E-state index contributed by atoms with van der Waals surface area (Å²) in [5.41, 5.74) is 4.18. The number of carbonyl (C=O) groups is 3. The zero-order valence-corrected chi connectivity index (χ0v) is 29.4. The van der Waals surface area contributed by atoms with E-state index in [-0.39, 0.29) is 30.8 Å². The molecule has 10 nitrogen and oxygen atoms in total. The molecule has 0 saturated carbocycles. The van der Waals surface area contributed by atoms with Gasteiger partial charge in [-0.3, -0.25) is 9.59 Å². The molecular formula is C41H46N6O4. The normalized spacial score (nSPS) is 11.7. The Morgan fingerprint density at radius 2 is 1.41 bits per heavy atom. The van der Waals surface area contributed by atoms with Gasteiger partial charge in [-0.2, -0.15) is 0 Å². The van der Waals surface area contributed by atoms with Crippen molar-refractivity contribution in [2.75, 3.05) is 20.1 Å². The van der Waals surface area contributed by atoms with Gasteiger partial charge in [0.1, 0.15) is 18.4 Å². The van der Waals surface area contributed by atoms with Crippen LogP contribution in [0.2, 0.25) is 0 Å². The second-order valence-corrected chi connectivity index (χ2v) is 13.2. The Morgan fingerprint density at radius 3 is 2.04 bits per heavy atom. The summed E-state index contributed by atoms with van der Waals surface area (Å²) in [7, 11) is 1.68. The minimum atomic E-state index is -0.985. The number of hydrogen-bond donors (Lipinski definition) is 3. The Labute approximate surface area is 299 Å². The first kappa shape index (κ1) is 36.4. The van der Waals surface area contributed by atoms with Gasteiger partial charge in [-0.15, -0.1) is 0 Å². The lowest BCUT2D eigenvalue weighted by atomic mass is 9.84. The van der Waals surface area contributed by atoms with Gasteiger partial charge in [-0.05, 0) is 34.4 Å². The molecule has 1 atom stereocenters. The highest BCUT2D eigenvalue weighted by atomic mass is 16.5. The molecule has 0 aliphatic rings. The van der Waals surface area contributed by atoms with Crippen LogP contribution in [0.25, 0.3) is 0 Å². The van der Waals surface area contributed by atoms with Crippen molar-refractivity contribution in [2.24, 2.45) is 0 Å². The van der Waals surface area contributed by atoms with E-state index in [1.807, 2.05) is 115 Å². The van der Waals surface area contributed by atoms with Crippen molar-refractivity contribution in [3.05, 3.63) is 156 Å². The van der Waals surface area contributed by atoms with E-state index in [1.54, 1.807) is 13.2 Å². The van der Waals surface area contributed by atoms with Gasteiger partial charge in [0.25, 0.3) is 0 Å². The standard InChI is InChI=1S/C41H46N6O4/c1-41(2,34-17-11-6-12-18-34)29-43-38(48)27-47(26-32-19-21-36(22-20-32)51-28-33-15-9-5-10-16-33)39(49)37(23-35-24-42-30-44-35)45-40(50)46(3)25-31-13-7-4-8-14-31/h4-22,24,30,37H,23,25-29H2,1-3H3,(H,42,44)(H,43,48)(H,45,50)/t37-/m0/s1. The number of ether oxygens (including phenoxy) is 1. The third-order valence-electron chi connectivity index (χ3n) is 8.65. The quantitative estimate of drug-likeness (QED) is 0.120. The molecule has 264 valence electrons. The van der Waals surface area contributed by atoms with Crippen molar-refractivity contribution in [3.8, 4) is 5.75 Å². The van der Waals surface area contributed by atoms with Crippen LogP contribution in [0.1, 0.15) is 41.8 Å². The summed E-state index contributed by atoms with van der Waals surface area (Å²) in [5, 5.41) is 5.96. The van der Waals surface area contributed by atoms with Crippen LogP contribution < -0.4 is 15.4 Å². The summed E-state index contributed by atoms with van der Waals surface area (Å²) in [6.07, 6.45) is 3.36. The molecule has 0 spiro atoms. The van der Waals surface area contributed by atoms with E-state index in [0.29, 0.717) is 31.1 Å². The number of hydrogen-bond acceptors (Lipinski definition) is 5. The topological polar surface area (TPSA) is 120 Å². The Bertz CT molecular complexity index is 1820. The molecule has 1 aromatic heterocycles. The predicted molar refractivity (Wildman–Crippen MR) is 198 cm³/mol. The first-order chi connectivity index (χ1) is 24.7. The molecule has 3 N–H and O–H groups in total. The third kappa shape index (κ3) is 11.1. The van der Waals surface area contributed by atoms with Crippen molar-refractivity contribution in [1.82, 2.24) is 30.4 Å². The number of amides is 4. The van der Waals surface area contributed by atoms with E-state index in [2.05, 4.69) is 34.4 Å². The van der Waals surface area contributed by atoms with E-state index < -0.39 is 18.0 Å². The first-order valence-corrected chi connectivity index (χ1v) is 17.1. The van der Waals surface area contributed by atoms with Crippen LogP contribution in [0.5, 0.6) is 5.75 Å². The van der Waals surface area contributed by atoms with Crippen LogP contribution in [0.3, 0.4) is 0 Å². The number of aromatic amines is 1. The highest BCUT2D eigenvalue weighted by Crippen LogP contribution is 2.22. The Kier molecular flexibility index (Phi) is 12.6. The molecule has 51 heavy (non-hydrogen) atoms. The molecular weight excluding hydrogens is 640 g/mol. The summed E-state index contributed by atoms with van der Waals surface area (Å²) < 4.78 is 5.96. The van der Waals surface area contributed by atoms with Crippen LogP contribution in [0.15, 0.2) is 128 Å². The average molecular weight is 687 g/mol. The van der Waals surface area contributed by atoms with Gasteiger partial charge in [0, 0.05) is 44.7 Å². The van der Waals surface area contributed by atoms with E-state index in [0.717, 1.165) is 22.3 Å². The maximum atomic E-state index is 14.4. The molecule has 0 bridgehead atoms. The second-order valence-electron chi connectivity index (χ2n) is 13.2. The minimum absolute atomic E-state index is 0.138. The zero-order chi connectivity index (χ0) is 36.1. The number of aromatic nitrogens is 2. The predicted octanol–water partition coefficient (Wildman–Crippen LogP) is 5.86. The molecule has 0 unspecified atom stereocenters. The highest BCUT2D eigenvalue weighted by Gasteiger charge is 2.30. The highest BCUT2D eigenvalue weighted by molar-refractivity contribution is 5.90. The fraction of sp³-hybridized carbons (Fsp3) is 0.268. The van der Waals surface area contributed by atoms with E-state index in [4.69, 9.17) is 4.74 Å². The van der Waals surface area contributed by atoms with Crippen LogP contribution in [-0.4, -0.2) is 63.8 Å². The Hall–Kier alpha value is -5.90. The van der Waals surface area contributed by atoms with Gasteiger partial charge in [0.2, 0.25) is 11.8 Å². The van der Waals surface area contributed by atoms with E-state index >= 15 is 0 Å². The fourth-order valence-corrected chi connectivity index (χ4v) is 5.62. The van der Waals surface area contributed by atoms with Gasteiger partial charge >= 0.3 is 6.03 Å². The number of nitrogens with one attached hydrogen (secondary N) is 3. The van der Waals surface area contributed by atoms with Gasteiger partial charge in [-0.25, -0.2) is 9.78 Å². The minimum Gasteiger partial charge on any atom is -0.489 e. The smallest absolute Gasteiger partial charge is 0.318 e. The zero-order valence-electron chi connectivity index (χ0n) is 29.4. The number of benzene rings is 4. The van der Waals surface area contributed by atoms with Crippen molar-refractivity contribution in [3.63, 3.8) is 0 Å². The number of rotatable bonds is 16. The molecule has 0 saturated heterocycles. The number of imidazole rings is 1. The van der Waals surface area contributed by atoms with Crippen molar-refractivity contribution < 1.29 is 19.1 Å². The van der Waals surface area contributed by atoms with E-state index in [9.17, 15) is 14.4 Å². The summed E-state index contributed by atoms with van der Waals surface area (Å²) in [5.74, 6) is -0.0194. The second kappa shape index (κ2) is 17.7. The Balaban J connectivity index is 1.33. The fourth-order valence-electron chi connectivity index (χ4n) is 5.62. The third-order valence-corrected chi connectivity index (χ3v) is 8.65. The van der Waals surface area contributed by atoms with Gasteiger partial charge in [0.15, 0.2) is 0 Å². The largest absolute Gasteiger partial charge is 0.489 e. The lowest BCUT2D eigenvalue weighted by Gasteiger charge is -2.30. The number of H-pyrrole nitrogens is 1. The van der Waals surface area contributed by atoms with Crippen LogP contribution in [-0.2, 0) is 41.1 Å². The van der Waals surface area contributed by atoms with Crippen LogP contribution in [0, 0.1) is 0 Å².